The first-order valence-electron chi connectivity index (χ1n) is 15.3. The van der Waals surface area contributed by atoms with E-state index >= 15 is 0 Å². The van der Waals surface area contributed by atoms with Gasteiger partial charge in [0.25, 0.3) is 0 Å². The van der Waals surface area contributed by atoms with Crippen molar-refractivity contribution in [1.82, 2.24) is 0 Å². The molecular weight excluding hydrogens is 538 g/mol. The van der Waals surface area contributed by atoms with Crippen LogP contribution in [-0.2, 0) is 34.7 Å². The van der Waals surface area contributed by atoms with Gasteiger partial charge in [0, 0.05) is 32.1 Å². The minimum absolute atomic E-state index is 0.0496. The smallest absolute Gasteiger partial charge is 0.192 e. The lowest BCUT2D eigenvalue weighted by Gasteiger charge is -2.47. The van der Waals surface area contributed by atoms with Crippen LogP contribution < -0.4 is 0 Å². The Balaban J connectivity index is 1.66. The Labute approximate surface area is 249 Å². The van der Waals surface area contributed by atoms with Gasteiger partial charge in [-0.25, -0.2) is 0 Å². The SMILES string of the molecule is CC1(C)O[C@H](CC[C@@H](O[Si](C)(C)C(C)(C)C)[C@H]2C[C@@H](C/C=N\O)OC(C)(C)O2)C[C@H](CCOCc2ccccc2)O1. The van der Waals surface area contributed by atoms with Crippen molar-refractivity contribution in [2.75, 3.05) is 6.61 Å². The Morgan fingerprint density at radius 1 is 0.951 bits per heavy atom. The van der Waals surface area contributed by atoms with Crippen LogP contribution in [0.2, 0.25) is 18.1 Å². The molecule has 2 fully saturated rings. The van der Waals surface area contributed by atoms with E-state index in [1.54, 1.807) is 0 Å². The summed E-state index contributed by atoms with van der Waals surface area (Å²) in [6, 6.07) is 10.2. The maximum Gasteiger partial charge on any atom is 0.192 e. The first-order valence-corrected chi connectivity index (χ1v) is 18.2. The number of benzene rings is 1. The summed E-state index contributed by atoms with van der Waals surface area (Å²) >= 11 is 0. The second kappa shape index (κ2) is 14.4. The maximum atomic E-state index is 8.99. The minimum atomic E-state index is -2.09. The van der Waals surface area contributed by atoms with Gasteiger partial charge >= 0.3 is 0 Å². The van der Waals surface area contributed by atoms with Gasteiger partial charge in [0.2, 0.25) is 0 Å². The fourth-order valence-corrected chi connectivity index (χ4v) is 6.84. The summed E-state index contributed by atoms with van der Waals surface area (Å²) in [6.07, 6.45) is 5.77. The van der Waals surface area contributed by atoms with E-state index in [1.807, 2.05) is 45.9 Å². The van der Waals surface area contributed by atoms with Gasteiger partial charge in [-0.3, -0.25) is 0 Å². The molecule has 2 aliphatic heterocycles. The summed E-state index contributed by atoms with van der Waals surface area (Å²) in [5.41, 5.74) is 1.18. The predicted molar refractivity (Wildman–Crippen MR) is 164 cm³/mol. The van der Waals surface area contributed by atoms with E-state index in [9.17, 15) is 0 Å². The van der Waals surface area contributed by atoms with Crippen LogP contribution in [-0.4, -0.2) is 68.4 Å². The van der Waals surface area contributed by atoms with Crippen LogP contribution in [0.15, 0.2) is 35.5 Å². The third-order valence-electron chi connectivity index (χ3n) is 8.39. The van der Waals surface area contributed by atoms with Crippen molar-refractivity contribution < 1.29 is 33.3 Å². The fraction of sp³-hybridized carbons (Fsp3) is 0.781. The molecule has 1 N–H and O–H groups in total. The van der Waals surface area contributed by atoms with Gasteiger partial charge in [-0.1, -0.05) is 51.1 Å². The van der Waals surface area contributed by atoms with E-state index in [4.69, 9.17) is 33.3 Å². The highest BCUT2D eigenvalue weighted by Crippen LogP contribution is 2.41. The van der Waals surface area contributed by atoms with Gasteiger partial charge < -0.3 is 33.3 Å². The van der Waals surface area contributed by atoms with E-state index in [2.05, 4.69) is 51.2 Å². The molecule has 0 aromatic heterocycles. The van der Waals surface area contributed by atoms with Crippen LogP contribution >= 0.6 is 0 Å². The molecule has 2 saturated heterocycles. The summed E-state index contributed by atoms with van der Waals surface area (Å²) in [5.74, 6) is -1.41. The summed E-state index contributed by atoms with van der Waals surface area (Å²) in [6.45, 7) is 20.5. The van der Waals surface area contributed by atoms with Crippen LogP contribution in [0.5, 0.6) is 0 Å². The van der Waals surface area contributed by atoms with E-state index < -0.39 is 19.9 Å². The number of hydrogen-bond donors (Lipinski definition) is 1. The monoisotopic (exact) mass is 593 g/mol. The van der Waals surface area contributed by atoms with E-state index in [1.165, 1.54) is 11.8 Å². The second-order valence-electron chi connectivity index (χ2n) is 14.0. The molecule has 1 aromatic carbocycles. The minimum Gasteiger partial charge on any atom is -0.411 e. The molecule has 9 heteroatoms. The molecule has 0 amide bonds. The molecule has 234 valence electrons. The summed E-state index contributed by atoms with van der Waals surface area (Å²) < 4.78 is 38.3. The van der Waals surface area contributed by atoms with Crippen LogP contribution in [0, 0.1) is 0 Å². The standard InChI is InChI=1S/C32H55NO7Si/c1-30(2,3)41(8,9)40-28(29-22-26(17-19-33-34)37-32(6,7)39-29)16-15-25-21-27(38-31(4,5)36-25)18-20-35-23-24-13-11-10-12-14-24/h10-14,19,25-29,34H,15-18,20-23H2,1-9H3/b33-19-/t25-,26-,27+,28-,29-/m1/s1. The van der Waals surface area contributed by atoms with Crippen molar-refractivity contribution in [3.63, 3.8) is 0 Å². The lowest BCUT2D eigenvalue weighted by Crippen LogP contribution is -2.54. The van der Waals surface area contributed by atoms with Crippen LogP contribution in [0.1, 0.15) is 92.6 Å². The third kappa shape index (κ3) is 11.0. The third-order valence-corrected chi connectivity index (χ3v) is 12.9. The lowest BCUT2D eigenvalue weighted by molar-refractivity contribution is -0.313. The van der Waals surface area contributed by atoms with E-state index in [-0.39, 0.29) is 35.6 Å². The van der Waals surface area contributed by atoms with Crippen LogP contribution in [0.3, 0.4) is 0 Å². The molecule has 0 bridgehead atoms. The molecule has 2 heterocycles. The molecule has 5 atom stereocenters. The van der Waals surface area contributed by atoms with Crippen molar-refractivity contribution in [3.05, 3.63) is 35.9 Å². The first kappa shape index (κ1) is 34.2. The van der Waals surface area contributed by atoms with Gasteiger partial charge in [0.15, 0.2) is 19.9 Å². The van der Waals surface area contributed by atoms with Gasteiger partial charge in [-0.2, -0.15) is 0 Å². The van der Waals surface area contributed by atoms with Gasteiger partial charge in [0.1, 0.15) is 0 Å². The van der Waals surface area contributed by atoms with Crippen molar-refractivity contribution in [1.29, 1.82) is 0 Å². The highest BCUT2D eigenvalue weighted by atomic mass is 28.4. The molecule has 41 heavy (non-hydrogen) atoms. The first-order chi connectivity index (χ1) is 19.1. The lowest BCUT2D eigenvalue weighted by atomic mass is 9.95. The number of ether oxygens (including phenoxy) is 5. The van der Waals surface area contributed by atoms with Crippen molar-refractivity contribution in [2.24, 2.45) is 5.16 Å². The maximum absolute atomic E-state index is 8.99. The van der Waals surface area contributed by atoms with Crippen LogP contribution in [0.4, 0.5) is 0 Å². The molecule has 0 spiro atoms. The largest absolute Gasteiger partial charge is 0.411 e. The van der Waals surface area contributed by atoms with Crippen molar-refractivity contribution >= 4 is 14.5 Å². The molecule has 0 aliphatic carbocycles. The van der Waals surface area contributed by atoms with Crippen LogP contribution in [0.25, 0.3) is 0 Å². The zero-order valence-electron chi connectivity index (χ0n) is 26.9. The number of oxime groups is 1. The Morgan fingerprint density at radius 3 is 2.20 bits per heavy atom. The molecule has 0 saturated carbocycles. The predicted octanol–water partition coefficient (Wildman–Crippen LogP) is 7.43. The Kier molecular flexibility index (Phi) is 12.0. The van der Waals surface area contributed by atoms with Crippen molar-refractivity contribution in [2.45, 2.75) is 154 Å². The van der Waals surface area contributed by atoms with E-state index in [0.717, 1.165) is 25.7 Å². The summed E-state index contributed by atoms with van der Waals surface area (Å²) in [4.78, 5) is 0. The molecular formula is C32H55NO7Si. The highest BCUT2D eigenvalue weighted by molar-refractivity contribution is 6.74. The summed E-state index contributed by atoms with van der Waals surface area (Å²) in [7, 11) is -2.09. The zero-order valence-corrected chi connectivity index (χ0v) is 27.9. The summed E-state index contributed by atoms with van der Waals surface area (Å²) in [5, 5.41) is 12.2. The average molecular weight is 594 g/mol. The van der Waals surface area contributed by atoms with Gasteiger partial charge in [-0.05, 0) is 70.7 Å². The molecule has 2 aliphatic rings. The normalized spacial score (nSPS) is 27.6. The van der Waals surface area contributed by atoms with Gasteiger partial charge in [0.05, 0.1) is 37.1 Å². The number of nitrogens with zero attached hydrogens (tertiary/aromatic N) is 1. The number of hydrogen-bond acceptors (Lipinski definition) is 8. The molecule has 3 rings (SSSR count). The number of rotatable bonds is 13. The Bertz CT molecular complexity index is 947. The highest BCUT2D eigenvalue weighted by Gasteiger charge is 2.45. The van der Waals surface area contributed by atoms with Crippen molar-refractivity contribution in [3.8, 4) is 0 Å². The van der Waals surface area contributed by atoms with E-state index in [0.29, 0.717) is 26.1 Å². The average Bonchev–Trinajstić information content (AvgIpc) is 2.86. The molecule has 0 unspecified atom stereocenters. The molecule has 0 radical (unpaired) electrons. The fourth-order valence-electron chi connectivity index (χ4n) is 5.46. The van der Waals surface area contributed by atoms with Gasteiger partial charge in [-0.15, -0.1) is 5.16 Å². The zero-order chi connectivity index (χ0) is 30.3. The topological polar surface area (TPSA) is 88.0 Å². The molecule has 1 aromatic rings. The molecule has 8 nitrogen and oxygen atoms in total. The Morgan fingerprint density at radius 2 is 1.56 bits per heavy atom. The second-order valence-corrected chi connectivity index (χ2v) is 18.8. The Hall–Kier alpha value is -1.33. The quantitative estimate of drug-likeness (QED) is 0.0836.